The molecule has 0 radical (unpaired) electrons. The fourth-order valence-corrected chi connectivity index (χ4v) is 8.00. The molecule has 0 aromatic rings. The van der Waals surface area contributed by atoms with E-state index in [1.165, 1.54) is 6.42 Å². The van der Waals surface area contributed by atoms with Crippen LogP contribution in [-0.2, 0) is 0 Å². The van der Waals surface area contributed by atoms with E-state index in [1.54, 1.807) is 0 Å². The summed E-state index contributed by atoms with van der Waals surface area (Å²) in [5.41, 5.74) is 0. The van der Waals surface area contributed by atoms with E-state index in [4.69, 9.17) is 0 Å². The third-order valence-electron chi connectivity index (χ3n) is 5.58. The number of hydrogen-bond acceptors (Lipinski definition) is 2. The van der Waals surface area contributed by atoms with E-state index in [2.05, 4.69) is 11.8 Å². The average molecular weight is 180 g/mol. The standard InChI is InChI=1S/C10H12OS/c11-8-6-2-1-3-5-4(2)7(8)10(5)12-9(3)6/h2-11H,1H2/t2-,3+,4-,5+,6-,7+,8+,9-,10-/m0/s1. The van der Waals surface area contributed by atoms with Crippen LogP contribution in [0.15, 0.2) is 0 Å². The molecule has 0 aromatic heterocycles. The summed E-state index contributed by atoms with van der Waals surface area (Å²) in [7, 11) is 0. The van der Waals surface area contributed by atoms with Gasteiger partial charge in [0, 0.05) is 22.3 Å². The van der Waals surface area contributed by atoms with Crippen LogP contribution in [0.4, 0.5) is 0 Å². The number of thioether (sulfide) groups is 1. The molecule has 4 saturated carbocycles. The van der Waals surface area contributed by atoms with Gasteiger partial charge in [-0.05, 0) is 30.1 Å². The van der Waals surface area contributed by atoms with Gasteiger partial charge in [0.1, 0.15) is 0 Å². The van der Waals surface area contributed by atoms with E-state index < -0.39 is 0 Å². The number of fused-ring (bicyclic) bond motifs is 2. The molecule has 1 N–H and O–H groups in total. The Bertz CT molecular complexity index is 282. The Labute approximate surface area is 75.9 Å². The minimum atomic E-state index is 0.125. The second-order valence-electron chi connectivity index (χ2n) is 5.43. The lowest BCUT2D eigenvalue weighted by atomic mass is 9.64. The van der Waals surface area contributed by atoms with Crippen LogP contribution in [0.2, 0.25) is 0 Å². The fourth-order valence-electron chi connectivity index (χ4n) is 5.51. The summed E-state index contributed by atoms with van der Waals surface area (Å²) in [6.07, 6.45) is 1.61. The van der Waals surface area contributed by atoms with Crippen molar-refractivity contribution >= 4 is 11.8 Å². The molecule has 1 nitrogen and oxygen atoms in total. The minimum absolute atomic E-state index is 0.125. The molecule has 0 spiro atoms. The molecule has 2 heteroatoms. The Hall–Kier alpha value is 0.310. The van der Waals surface area contributed by atoms with Crippen molar-refractivity contribution in [1.82, 2.24) is 0 Å². The summed E-state index contributed by atoms with van der Waals surface area (Å²) in [5, 5.41) is 11.9. The molecule has 5 rings (SSSR count). The molecule has 64 valence electrons. The maximum absolute atomic E-state index is 10.1. The first-order chi connectivity index (χ1) is 5.88. The summed E-state index contributed by atoms with van der Waals surface area (Å²) >= 11 is 2.25. The van der Waals surface area contributed by atoms with Crippen molar-refractivity contribution in [3.05, 3.63) is 0 Å². The fraction of sp³-hybridized carbons (Fsp3) is 1.00. The summed E-state index contributed by atoms with van der Waals surface area (Å²) in [4.78, 5) is 0. The smallest absolute Gasteiger partial charge is 0.0623 e. The first-order valence-electron chi connectivity index (χ1n) is 5.21. The number of aliphatic hydroxyl groups is 1. The Morgan fingerprint density at radius 2 is 1.83 bits per heavy atom. The van der Waals surface area contributed by atoms with Crippen LogP contribution in [0.1, 0.15) is 6.42 Å². The summed E-state index contributed by atoms with van der Waals surface area (Å²) < 4.78 is 0. The summed E-state index contributed by atoms with van der Waals surface area (Å²) in [5.74, 6) is 5.57. The topological polar surface area (TPSA) is 20.2 Å². The van der Waals surface area contributed by atoms with E-state index in [0.29, 0.717) is 0 Å². The third-order valence-corrected chi connectivity index (χ3v) is 7.50. The van der Waals surface area contributed by atoms with Gasteiger partial charge in [0.2, 0.25) is 0 Å². The normalized spacial score (nSPS) is 85.2. The number of rotatable bonds is 0. The van der Waals surface area contributed by atoms with E-state index in [1.807, 2.05) is 0 Å². The van der Waals surface area contributed by atoms with Gasteiger partial charge in [0.15, 0.2) is 0 Å². The van der Waals surface area contributed by atoms with E-state index in [-0.39, 0.29) is 6.10 Å². The largest absolute Gasteiger partial charge is 0.392 e. The van der Waals surface area contributed by atoms with Crippen molar-refractivity contribution in [1.29, 1.82) is 0 Å². The minimum Gasteiger partial charge on any atom is -0.392 e. The van der Waals surface area contributed by atoms with Crippen LogP contribution in [0, 0.1) is 35.5 Å². The van der Waals surface area contributed by atoms with Crippen molar-refractivity contribution in [2.75, 3.05) is 0 Å². The lowest BCUT2D eigenvalue weighted by Crippen LogP contribution is -2.48. The molecule has 0 aromatic carbocycles. The molecule has 1 saturated heterocycles. The molecular weight excluding hydrogens is 168 g/mol. The first kappa shape index (κ1) is 5.92. The zero-order chi connectivity index (χ0) is 7.61. The second-order valence-corrected chi connectivity index (χ2v) is 6.79. The summed E-state index contributed by atoms with van der Waals surface area (Å²) in [6, 6.07) is 0. The van der Waals surface area contributed by atoms with Crippen molar-refractivity contribution < 1.29 is 5.11 Å². The maximum atomic E-state index is 10.1. The predicted octanol–water partition coefficient (Wildman–Crippen LogP) is 0.973. The summed E-state index contributed by atoms with van der Waals surface area (Å²) in [6.45, 7) is 0. The van der Waals surface area contributed by atoms with Gasteiger partial charge in [0.05, 0.1) is 6.10 Å². The molecule has 1 aliphatic heterocycles. The molecule has 2 bridgehead atoms. The van der Waals surface area contributed by atoms with Gasteiger partial charge in [-0.25, -0.2) is 0 Å². The van der Waals surface area contributed by atoms with Crippen LogP contribution >= 0.6 is 11.8 Å². The molecule has 4 aliphatic carbocycles. The molecule has 0 amide bonds. The van der Waals surface area contributed by atoms with Crippen LogP contribution in [0.3, 0.4) is 0 Å². The SMILES string of the molecule is O[C@@H]1[C@@H]2[C@H]3C[C@H]4[C@@H]2S[C@@H]2[C@@H]1[C@@H]3[C@@H]42. The van der Waals surface area contributed by atoms with Crippen molar-refractivity contribution in [3.8, 4) is 0 Å². The Morgan fingerprint density at radius 3 is 2.75 bits per heavy atom. The monoisotopic (exact) mass is 180 g/mol. The molecule has 1 heterocycles. The molecule has 5 aliphatic rings. The van der Waals surface area contributed by atoms with Crippen LogP contribution in [-0.4, -0.2) is 21.7 Å². The third kappa shape index (κ3) is 0.327. The van der Waals surface area contributed by atoms with Crippen molar-refractivity contribution in [3.63, 3.8) is 0 Å². The van der Waals surface area contributed by atoms with Gasteiger partial charge in [-0.3, -0.25) is 0 Å². The van der Waals surface area contributed by atoms with E-state index in [9.17, 15) is 5.11 Å². The average Bonchev–Trinajstić information content (AvgIpc) is 2.47. The quantitative estimate of drug-likeness (QED) is 0.599. The predicted molar refractivity (Wildman–Crippen MR) is 46.7 cm³/mol. The highest BCUT2D eigenvalue weighted by molar-refractivity contribution is 8.01. The van der Waals surface area contributed by atoms with Crippen molar-refractivity contribution in [2.24, 2.45) is 35.5 Å². The Balaban J connectivity index is 1.86. The van der Waals surface area contributed by atoms with Gasteiger partial charge in [0.25, 0.3) is 0 Å². The lowest BCUT2D eigenvalue weighted by Gasteiger charge is -2.45. The van der Waals surface area contributed by atoms with Crippen molar-refractivity contribution in [2.45, 2.75) is 23.0 Å². The van der Waals surface area contributed by atoms with Gasteiger partial charge in [-0.15, -0.1) is 0 Å². The van der Waals surface area contributed by atoms with Gasteiger partial charge < -0.3 is 5.11 Å². The highest BCUT2D eigenvalue weighted by Crippen LogP contribution is 2.82. The molecule has 9 atom stereocenters. The molecule has 5 fully saturated rings. The molecule has 0 unspecified atom stereocenters. The lowest BCUT2D eigenvalue weighted by molar-refractivity contribution is 0.0307. The van der Waals surface area contributed by atoms with Gasteiger partial charge >= 0.3 is 0 Å². The highest BCUT2D eigenvalue weighted by atomic mass is 32.2. The second kappa shape index (κ2) is 1.40. The van der Waals surface area contributed by atoms with Crippen LogP contribution < -0.4 is 0 Å². The zero-order valence-corrected chi connectivity index (χ0v) is 7.58. The highest BCUT2D eigenvalue weighted by Gasteiger charge is 2.81. The maximum Gasteiger partial charge on any atom is 0.0623 e. The van der Waals surface area contributed by atoms with Crippen LogP contribution in [0.5, 0.6) is 0 Å². The molecular formula is C10H12OS. The number of aliphatic hydroxyl groups excluding tert-OH is 1. The number of hydrogen-bond donors (Lipinski definition) is 1. The Morgan fingerprint density at radius 1 is 0.917 bits per heavy atom. The molecule has 12 heavy (non-hydrogen) atoms. The van der Waals surface area contributed by atoms with E-state index in [0.717, 1.165) is 46.0 Å². The van der Waals surface area contributed by atoms with Crippen LogP contribution in [0.25, 0.3) is 0 Å². The Kier molecular flexibility index (Phi) is 0.690. The van der Waals surface area contributed by atoms with Gasteiger partial charge in [-0.2, -0.15) is 11.8 Å². The van der Waals surface area contributed by atoms with E-state index >= 15 is 0 Å². The zero-order valence-electron chi connectivity index (χ0n) is 6.76. The van der Waals surface area contributed by atoms with Gasteiger partial charge in [-0.1, -0.05) is 0 Å². The first-order valence-corrected chi connectivity index (χ1v) is 6.16.